The number of thiol groups is 1. The van der Waals surface area contributed by atoms with Crippen molar-refractivity contribution in [1.82, 2.24) is 4.31 Å². The molecule has 0 amide bonds. The molecule has 0 bridgehead atoms. The van der Waals surface area contributed by atoms with Gasteiger partial charge in [-0.2, -0.15) is 0 Å². The molecular weight excluding hydrogens is 653 g/mol. The summed E-state index contributed by atoms with van der Waals surface area (Å²) in [5, 5.41) is 16.4. The largest absolute Gasteiger partial charge is 0.481 e. The number of carboxylic acids is 1. The van der Waals surface area contributed by atoms with E-state index in [2.05, 4.69) is 125 Å². The average molecular weight is 698 g/mol. The van der Waals surface area contributed by atoms with E-state index in [1.54, 1.807) is 0 Å². The van der Waals surface area contributed by atoms with Crippen LogP contribution in [0.25, 0.3) is 22.3 Å². The number of hydrogen-bond donors (Lipinski definition) is 4. The molecule has 1 saturated heterocycles. The Morgan fingerprint density at radius 3 is 2.35 bits per heavy atom. The minimum absolute atomic E-state index is 0.0274. The Morgan fingerprint density at radius 2 is 1.69 bits per heavy atom. The summed E-state index contributed by atoms with van der Waals surface area (Å²) >= 11 is 6.63. The minimum Gasteiger partial charge on any atom is -0.481 e. The van der Waals surface area contributed by atoms with Crippen molar-refractivity contribution in [3.8, 4) is 22.3 Å². The summed E-state index contributed by atoms with van der Waals surface area (Å²) in [6.07, 6.45) is 6.09. The van der Waals surface area contributed by atoms with Gasteiger partial charge < -0.3 is 9.41 Å². The highest BCUT2D eigenvalue weighted by Gasteiger charge is 2.31. The zero-order valence-corrected chi connectivity index (χ0v) is 30.9. The first-order valence-corrected chi connectivity index (χ1v) is 19.4. The number of fused-ring (bicyclic) bond motifs is 3. The van der Waals surface area contributed by atoms with E-state index in [9.17, 15) is 9.90 Å². The summed E-state index contributed by atoms with van der Waals surface area (Å²) < 4.78 is 4.90. The molecule has 1 fully saturated rings. The lowest BCUT2D eigenvalue weighted by atomic mass is 9.81. The van der Waals surface area contributed by atoms with Gasteiger partial charge in [0.05, 0.1) is 18.7 Å². The van der Waals surface area contributed by atoms with Gasteiger partial charge in [0.15, 0.2) is 0 Å². The standard InChI is InChI=1S/C39H44N4O2S3/c1-6-48(5)43-24-29-14-15-31(41-39(46)40-30-16-18-32(19-17-30)47-42-20-8-7-9-21-42)22-34(29)37-27(4)36(28-12-10-25(2)11-13-28)33(23-35(44)45)26(3)38(37)43/h6,10-19,22H,7-9,20-21,23-24H2,1-5H3,(H,44,45)(H2,40,41,46)/p+1. The van der Waals surface area contributed by atoms with E-state index in [1.807, 2.05) is 11.9 Å². The molecule has 4 aromatic rings. The lowest BCUT2D eigenvalue weighted by Crippen LogP contribution is -2.66. The molecule has 2 aliphatic rings. The van der Waals surface area contributed by atoms with Crippen molar-refractivity contribution in [2.45, 2.75) is 64.8 Å². The van der Waals surface area contributed by atoms with Gasteiger partial charge in [0.2, 0.25) is 0 Å². The van der Waals surface area contributed by atoms with Gasteiger partial charge in [-0.15, -0.1) is 10.7 Å². The van der Waals surface area contributed by atoms with E-state index in [1.165, 1.54) is 40.8 Å². The van der Waals surface area contributed by atoms with Crippen molar-refractivity contribution in [2.24, 2.45) is 0 Å². The summed E-state index contributed by atoms with van der Waals surface area (Å²) in [5.74, 6) is -0.822. The first kappa shape index (κ1) is 34.4. The Bertz CT molecular complexity index is 1900. The number of amidine groups is 1. The van der Waals surface area contributed by atoms with Crippen molar-refractivity contribution in [1.29, 1.82) is 0 Å². The zero-order valence-electron chi connectivity index (χ0n) is 28.4. The van der Waals surface area contributed by atoms with Crippen molar-refractivity contribution in [3.05, 3.63) is 94.5 Å². The molecule has 6 nitrogen and oxygen atoms in total. The van der Waals surface area contributed by atoms with Gasteiger partial charge in [-0.25, -0.2) is 14.6 Å². The van der Waals surface area contributed by atoms with Gasteiger partial charge in [0, 0.05) is 23.5 Å². The summed E-state index contributed by atoms with van der Waals surface area (Å²) in [6.45, 7) is 11.5. The van der Waals surface area contributed by atoms with Gasteiger partial charge in [0.25, 0.3) is 0 Å². The second-order valence-electron chi connectivity index (χ2n) is 12.6. The van der Waals surface area contributed by atoms with Crippen molar-refractivity contribution in [2.75, 3.05) is 29.0 Å². The molecule has 2 aliphatic heterocycles. The lowest BCUT2D eigenvalue weighted by Gasteiger charge is -2.38. The molecule has 0 aliphatic carbocycles. The molecule has 0 spiro atoms. The number of carbonyl (C=O) groups is 1. The van der Waals surface area contributed by atoms with Crippen molar-refractivity contribution >= 4 is 68.8 Å². The number of hydrogen-bond acceptors (Lipinski definition) is 4. The lowest BCUT2D eigenvalue weighted by molar-refractivity contribution is -0.349. The highest BCUT2D eigenvalue weighted by molar-refractivity contribution is 8.15. The monoisotopic (exact) mass is 697 g/mol. The van der Waals surface area contributed by atoms with Crippen LogP contribution in [-0.2, 0) is 17.8 Å². The average Bonchev–Trinajstić information content (AvgIpc) is 3.08. The summed E-state index contributed by atoms with van der Waals surface area (Å²) in [6, 6.07) is 23.5. The van der Waals surface area contributed by atoms with Crippen LogP contribution in [0.2, 0.25) is 0 Å². The first-order chi connectivity index (χ1) is 23.1. The van der Waals surface area contributed by atoms with E-state index < -0.39 is 5.97 Å². The second kappa shape index (κ2) is 14.9. The highest BCUT2D eigenvalue weighted by Crippen LogP contribution is 2.51. The fourth-order valence-electron chi connectivity index (χ4n) is 6.81. The van der Waals surface area contributed by atoms with Crippen molar-refractivity contribution < 1.29 is 14.9 Å². The van der Waals surface area contributed by atoms with Crippen LogP contribution < -0.4 is 14.6 Å². The maximum absolute atomic E-state index is 12.2. The Hall–Kier alpha value is -3.50. The maximum Gasteiger partial charge on any atom is 0.311 e. The molecule has 1 atom stereocenters. The molecule has 0 aromatic heterocycles. The quantitative estimate of drug-likeness (QED) is 0.0491. The molecule has 4 aromatic carbocycles. The number of nitrogens with one attached hydrogen (secondary N) is 2. The molecule has 250 valence electrons. The summed E-state index contributed by atoms with van der Waals surface area (Å²) in [7, 11) is -0.152. The molecular formula is C39H45N4O2S3+. The summed E-state index contributed by atoms with van der Waals surface area (Å²) in [5.41, 5.74) is 12.9. The Balaban J connectivity index is 1.38. The maximum atomic E-state index is 12.2. The third-order valence-corrected chi connectivity index (χ3v) is 12.3. The van der Waals surface area contributed by atoms with E-state index in [0.717, 1.165) is 70.1 Å². The third-order valence-electron chi connectivity index (χ3n) is 9.33. The van der Waals surface area contributed by atoms with Crippen LogP contribution in [0.4, 0.5) is 17.1 Å². The fraction of sp³-hybridized carbons (Fsp3) is 0.308. The SMILES string of the molecule is C/C=S(/C)N1Cc2ccc(NC(S)=[NH+]c3ccc(SN4CCCCC4)cc3)cc2-c2c(C)c(-c3ccc(C)cc3)c(CC(=O)O)c(C)c21. The van der Waals surface area contributed by atoms with E-state index in [4.69, 9.17) is 12.6 Å². The van der Waals surface area contributed by atoms with Crippen LogP contribution in [0.15, 0.2) is 71.6 Å². The van der Waals surface area contributed by atoms with Gasteiger partial charge in [-0.05, 0) is 139 Å². The predicted molar refractivity (Wildman–Crippen MR) is 210 cm³/mol. The Morgan fingerprint density at radius 1 is 0.979 bits per heavy atom. The van der Waals surface area contributed by atoms with Crippen LogP contribution in [0.1, 0.15) is 54.0 Å². The molecule has 0 radical (unpaired) electrons. The van der Waals surface area contributed by atoms with Crippen LogP contribution in [0, 0.1) is 20.8 Å². The molecule has 2 heterocycles. The number of aliphatic carboxylic acids is 1. The van der Waals surface area contributed by atoms with Gasteiger partial charge in [-0.3, -0.25) is 4.79 Å². The molecule has 6 rings (SSSR count). The van der Waals surface area contributed by atoms with Crippen LogP contribution in [0.5, 0.6) is 0 Å². The number of piperidine rings is 1. The molecule has 0 saturated carbocycles. The smallest absolute Gasteiger partial charge is 0.311 e. The minimum atomic E-state index is -0.822. The predicted octanol–water partition coefficient (Wildman–Crippen LogP) is 8.13. The van der Waals surface area contributed by atoms with Gasteiger partial charge >= 0.3 is 11.1 Å². The molecule has 9 heteroatoms. The van der Waals surface area contributed by atoms with E-state index in [0.29, 0.717) is 5.17 Å². The zero-order chi connectivity index (χ0) is 33.9. The van der Waals surface area contributed by atoms with Crippen molar-refractivity contribution in [3.63, 3.8) is 0 Å². The third kappa shape index (κ3) is 7.39. The second-order valence-corrected chi connectivity index (χ2v) is 16.2. The number of carboxylic acid groups (broad SMARTS) is 1. The summed E-state index contributed by atoms with van der Waals surface area (Å²) in [4.78, 5) is 16.9. The van der Waals surface area contributed by atoms with Crippen LogP contribution in [-0.4, -0.2) is 45.3 Å². The number of rotatable bonds is 8. The number of benzene rings is 4. The Kier molecular flexibility index (Phi) is 10.7. The fourth-order valence-corrected chi connectivity index (χ4v) is 9.18. The number of nitrogens with zero attached hydrogens (tertiary/aromatic N) is 2. The van der Waals surface area contributed by atoms with E-state index in [-0.39, 0.29) is 17.1 Å². The molecule has 3 N–H and O–H groups in total. The van der Waals surface area contributed by atoms with Gasteiger partial charge in [0.1, 0.15) is 11.4 Å². The highest BCUT2D eigenvalue weighted by atomic mass is 32.2. The van der Waals surface area contributed by atoms with E-state index >= 15 is 0 Å². The van der Waals surface area contributed by atoms with Crippen LogP contribution in [0.3, 0.4) is 0 Å². The number of anilines is 2. The normalized spacial score (nSPS) is 15.6. The first-order valence-electron chi connectivity index (χ1n) is 16.6. The number of aryl methyl sites for hydroxylation is 1. The Labute approximate surface area is 297 Å². The van der Waals surface area contributed by atoms with Gasteiger partial charge in [-0.1, -0.05) is 54.9 Å². The molecule has 1 unspecified atom stereocenters. The topological polar surface area (TPSA) is 69.8 Å². The molecule has 48 heavy (non-hydrogen) atoms. The van der Waals surface area contributed by atoms with Crippen LogP contribution >= 0.6 is 35.2 Å².